The molecule has 1 amide bonds. The minimum atomic E-state index is -0.354. The molecule has 0 radical (unpaired) electrons. The molecule has 3 heterocycles. The van der Waals surface area contributed by atoms with Gasteiger partial charge in [0.2, 0.25) is 5.76 Å². The van der Waals surface area contributed by atoms with E-state index in [4.69, 9.17) is 4.42 Å². The van der Waals surface area contributed by atoms with Gasteiger partial charge < -0.3 is 9.73 Å². The Hall–Kier alpha value is -4.33. The van der Waals surface area contributed by atoms with Crippen LogP contribution in [0, 0.1) is 13.8 Å². The number of aromatic nitrogens is 5. The molecular formula is C23H18N6O2. The molecule has 0 fully saturated rings. The summed E-state index contributed by atoms with van der Waals surface area (Å²) in [6.07, 6.45) is 3.68. The predicted molar refractivity (Wildman–Crippen MR) is 116 cm³/mol. The molecular weight excluding hydrogens is 392 g/mol. The summed E-state index contributed by atoms with van der Waals surface area (Å²) in [7, 11) is 0. The first-order valence-corrected chi connectivity index (χ1v) is 9.70. The van der Waals surface area contributed by atoms with E-state index in [0.717, 1.165) is 16.7 Å². The van der Waals surface area contributed by atoms with E-state index in [0.29, 0.717) is 28.9 Å². The van der Waals surface area contributed by atoms with E-state index < -0.39 is 0 Å². The van der Waals surface area contributed by atoms with Gasteiger partial charge in [0.25, 0.3) is 11.7 Å². The number of nitrogens with zero attached hydrogens (tertiary/aromatic N) is 5. The molecule has 0 aliphatic rings. The van der Waals surface area contributed by atoms with E-state index in [9.17, 15) is 4.79 Å². The Balaban J connectivity index is 1.44. The number of carbonyl (C=O) groups is 1. The Kier molecular flexibility index (Phi) is 4.51. The van der Waals surface area contributed by atoms with Crippen LogP contribution < -0.4 is 5.32 Å². The summed E-state index contributed by atoms with van der Waals surface area (Å²) in [6.45, 7) is 3.44. The first-order valence-electron chi connectivity index (χ1n) is 9.70. The zero-order valence-electron chi connectivity index (χ0n) is 16.9. The van der Waals surface area contributed by atoms with Crippen LogP contribution in [0.1, 0.15) is 22.1 Å². The van der Waals surface area contributed by atoms with Crippen LogP contribution in [-0.2, 0) is 0 Å². The number of hydrogen-bond donors (Lipinski definition) is 1. The number of benzene rings is 2. The van der Waals surface area contributed by atoms with Crippen molar-refractivity contribution in [2.24, 2.45) is 0 Å². The highest BCUT2D eigenvalue weighted by atomic mass is 16.4. The van der Waals surface area contributed by atoms with Gasteiger partial charge in [-0.15, -0.1) is 5.10 Å². The SMILES string of the molecule is Cc1nc(C)c(C(=O)Nc2cccc(-c3nc4ncc(-c5ccccc5)cn4n3)c2)o1. The molecule has 3 aromatic heterocycles. The largest absolute Gasteiger partial charge is 0.436 e. The normalized spacial score (nSPS) is 11.0. The minimum Gasteiger partial charge on any atom is -0.436 e. The summed E-state index contributed by atoms with van der Waals surface area (Å²) in [5.41, 5.74) is 3.91. The van der Waals surface area contributed by atoms with E-state index >= 15 is 0 Å². The maximum Gasteiger partial charge on any atom is 0.293 e. The summed E-state index contributed by atoms with van der Waals surface area (Å²) < 4.78 is 7.05. The second-order valence-corrected chi connectivity index (χ2v) is 7.07. The number of aryl methyl sites for hydroxylation is 2. The molecule has 0 saturated carbocycles. The highest BCUT2D eigenvalue weighted by Gasteiger charge is 2.17. The summed E-state index contributed by atoms with van der Waals surface area (Å²) in [6, 6.07) is 17.3. The second kappa shape index (κ2) is 7.49. The lowest BCUT2D eigenvalue weighted by molar-refractivity contribution is 0.0994. The lowest BCUT2D eigenvalue weighted by Gasteiger charge is -2.04. The maximum atomic E-state index is 12.5. The highest BCUT2D eigenvalue weighted by Crippen LogP contribution is 2.23. The average Bonchev–Trinajstić information content (AvgIpc) is 3.36. The van der Waals surface area contributed by atoms with Gasteiger partial charge in [0.1, 0.15) is 0 Å². The van der Waals surface area contributed by atoms with Gasteiger partial charge in [-0.25, -0.2) is 14.5 Å². The average molecular weight is 410 g/mol. The monoisotopic (exact) mass is 410 g/mol. The molecule has 1 N–H and O–H groups in total. The molecule has 0 aliphatic carbocycles. The van der Waals surface area contributed by atoms with Crippen LogP contribution in [0.4, 0.5) is 5.69 Å². The minimum absolute atomic E-state index is 0.200. The lowest BCUT2D eigenvalue weighted by atomic mass is 10.1. The Morgan fingerprint density at radius 2 is 1.77 bits per heavy atom. The van der Waals surface area contributed by atoms with Crippen LogP contribution >= 0.6 is 0 Å². The van der Waals surface area contributed by atoms with Crippen molar-refractivity contribution in [2.45, 2.75) is 13.8 Å². The molecule has 8 heteroatoms. The molecule has 5 aromatic rings. The number of hydrogen-bond acceptors (Lipinski definition) is 6. The first kappa shape index (κ1) is 18.7. The van der Waals surface area contributed by atoms with Gasteiger partial charge in [-0.2, -0.15) is 4.98 Å². The number of fused-ring (bicyclic) bond motifs is 1. The molecule has 0 unspecified atom stereocenters. The number of anilines is 1. The van der Waals surface area contributed by atoms with Crippen molar-refractivity contribution in [3.05, 3.63) is 84.3 Å². The smallest absolute Gasteiger partial charge is 0.293 e. The van der Waals surface area contributed by atoms with Crippen molar-refractivity contribution >= 4 is 17.4 Å². The number of carbonyl (C=O) groups excluding carboxylic acids is 1. The molecule has 0 atom stereocenters. The zero-order valence-corrected chi connectivity index (χ0v) is 16.9. The second-order valence-electron chi connectivity index (χ2n) is 7.07. The van der Waals surface area contributed by atoms with Crippen molar-refractivity contribution in [1.29, 1.82) is 0 Å². The molecule has 31 heavy (non-hydrogen) atoms. The van der Waals surface area contributed by atoms with Gasteiger partial charge >= 0.3 is 0 Å². The Morgan fingerprint density at radius 1 is 0.968 bits per heavy atom. The van der Waals surface area contributed by atoms with Crippen LogP contribution in [0.3, 0.4) is 0 Å². The topological polar surface area (TPSA) is 98.2 Å². The summed E-state index contributed by atoms with van der Waals surface area (Å²) >= 11 is 0. The van der Waals surface area contributed by atoms with Gasteiger partial charge in [-0.1, -0.05) is 42.5 Å². The molecule has 0 spiro atoms. The van der Waals surface area contributed by atoms with Gasteiger partial charge in [0, 0.05) is 36.1 Å². The van der Waals surface area contributed by atoms with E-state index in [1.165, 1.54) is 0 Å². The fourth-order valence-corrected chi connectivity index (χ4v) is 3.35. The first-order chi connectivity index (χ1) is 15.1. The standard InChI is InChI=1S/C23H18N6O2/c1-14-20(31-15(2)25-14)22(30)26-19-10-6-9-17(11-19)21-27-23-24-12-18(13-29(23)28-21)16-7-4-3-5-8-16/h3-13H,1-2H3,(H,26,30). The van der Waals surface area contributed by atoms with Crippen molar-refractivity contribution in [2.75, 3.05) is 5.32 Å². The maximum absolute atomic E-state index is 12.5. The van der Waals surface area contributed by atoms with E-state index in [1.807, 2.05) is 54.7 Å². The van der Waals surface area contributed by atoms with Crippen molar-refractivity contribution in [1.82, 2.24) is 24.6 Å². The third-order valence-electron chi connectivity index (χ3n) is 4.79. The third-order valence-corrected chi connectivity index (χ3v) is 4.79. The Morgan fingerprint density at radius 3 is 2.55 bits per heavy atom. The van der Waals surface area contributed by atoms with E-state index in [-0.39, 0.29) is 11.7 Å². The van der Waals surface area contributed by atoms with E-state index in [1.54, 1.807) is 30.6 Å². The number of nitrogens with one attached hydrogen (secondary N) is 1. The highest BCUT2D eigenvalue weighted by molar-refractivity contribution is 6.03. The number of oxazole rings is 1. The van der Waals surface area contributed by atoms with Crippen LogP contribution in [0.5, 0.6) is 0 Å². The summed E-state index contributed by atoms with van der Waals surface area (Å²) in [5, 5.41) is 7.40. The molecule has 0 bridgehead atoms. The third kappa shape index (κ3) is 3.66. The zero-order chi connectivity index (χ0) is 21.4. The fourth-order valence-electron chi connectivity index (χ4n) is 3.35. The van der Waals surface area contributed by atoms with Crippen LogP contribution in [-0.4, -0.2) is 30.5 Å². The summed E-state index contributed by atoms with van der Waals surface area (Å²) in [5.74, 6) is 1.31. The van der Waals surface area contributed by atoms with Gasteiger partial charge in [0.15, 0.2) is 11.7 Å². The molecule has 0 aliphatic heterocycles. The van der Waals surface area contributed by atoms with Crippen LogP contribution in [0.25, 0.3) is 28.3 Å². The van der Waals surface area contributed by atoms with E-state index in [2.05, 4.69) is 25.4 Å². The Bertz CT molecular complexity index is 1400. The Labute approximate surface area is 177 Å². The molecule has 2 aromatic carbocycles. The quantitative estimate of drug-likeness (QED) is 0.474. The van der Waals surface area contributed by atoms with Crippen LogP contribution in [0.2, 0.25) is 0 Å². The molecule has 0 saturated heterocycles. The number of amides is 1. The molecule has 5 rings (SSSR count). The van der Waals surface area contributed by atoms with Crippen molar-refractivity contribution in [3.8, 4) is 22.5 Å². The number of rotatable bonds is 4. The van der Waals surface area contributed by atoms with Gasteiger partial charge in [-0.3, -0.25) is 4.79 Å². The van der Waals surface area contributed by atoms with Crippen molar-refractivity contribution in [3.63, 3.8) is 0 Å². The lowest BCUT2D eigenvalue weighted by Crippen LogP contribution is -2.12. The van der Waals surface area contributed by atoms with Crippen LogP contribution in [0.15, 0.2) is 71.4 Å². The molecule has 8 nitrogen and oxygen atoms in total. The predicted octanol–water partition coefficient (Wildman–Crippen LogP) is 4.32. The van der Waals surface area contributed by atoms with Gasteiger partial charge in [-0.05, 0) is 24.6 Å². The molecule has 152 valence electrons. The van der Waals surface area contributed by atoms with Gasteiger partial charge in [0.05, 0.1) is 5.69 Å². The van der Waals surface area contributed by atoms with Crippen molar-refractivity contribution < 1.29 is 9.21 Å². The fraction of sp³-hybridized carbons (Fsp3) is 0.0870. The summed E-state index contributed by atoms with van der Waals surface area (Å²) in [4.78, 5) is 25.6.